The number of benzene rings is 1. The van der Waals surface area contributed by atoms with Crippen LogP contribution in [0.2, 0.25) is 0 Å². The molecule has 0 spiro atoms. The Bertz CT molecular complexity index is 507. The van der Waals surface area contributed by atoms with E-state index in [2.05, 4.69) is 26.0 Å². The molecule has 0 aliphatic heterocycles. The van der Waals surface area contributed by atoms with E-state index >= 15 is 0 Å². The van der Waals surface area contributed by atoms with Gasteiger partial charge in [-0.05, 0) is 28.4 Å². The van der Waals surface area contributed by atoms with Crippen LogP contribution >= 0.6 is 15.9 Å². The molecular formula is C12H15BrN2O5. The number of nitrogens with one attached hydrogen (secondary N) is 1. The second-order valence-electron chi connectivity index (χ2n) is 3.87. The molecule has 0 heterocycles. The molecule has 7 nitrogen and oxygen atoms in total. The zero-order chi connectivity index (χ0) is 15.1. The number of nitrogens with zero attached hydrogens (tertiary/aromatic N) is 1. The number of anilines is 1. The van der Waals surface area contributed by atoms with Crippen molar-refractivity contribution >= 4 is 33.3 Å². The Kier molecular flexibility index (Phi) is 6.40. The summed E-state index contributed by atoms with van der Waals surface area (Å²) >= 11 is 3.24. The zero-order valence-corrected chi connectivity index (χ0v) is 12.7. The third-order valence-electron chi connectivity index (χ3n) is 2.53. The molecule has 0 saturated heterocycles. The lowest BCUT2D eigenvalue weighted by Crippen LogP contribution is -2.09. The number of hydrogen-bond acceptors (Lipinski definition) is 6. The fourth-order valence-corrected chi connectivity index (χ4v) is 2.03. The van der Waals surface area contributed by atoms with E-state index in [0.29, 0.717) is 23.3 Å². The highest BCUT2D eigenvalue weighted by Crippen LogP contribution is 2.31. The third-order valence-corrected chi connectivity index (χ3v) is 3.18. The number of nitro benzene ring substituents is 1. The van der Waals surface area contributed by atoms with Crippen LogP contribution < -0.4 is 5.32 Å². The van der Waals surface area contributed by atoms with Crippen LogP contribution in [-0.4, -0.2) is 38.3 Å². The van der Waals surface area contributed by atoms with E-state index in [0.717, 1.165) is 6.42 Å². The van der Waals surface area contributed by atoms with Gasteiger partial charge in [0.1, 0.15) is 5.56 Å². The van der Waals surface area contributed by atoms with E-state index < -0.39 is 10.9 Å². The maximum absolute atomic E-state index is 11.6. The minimum atomic E-state index is -0.746. The van der Waals surface area contributed by atoms with Crippen molar-refractivity contribution in [3.63, 3.8) is 0 Å². The number of rotatable bonds is 7. The fraction of sp³-hybridized carbons (Fsp3) is 0.417. The average molecular weight is 347 g/mol. The monoisotopic (exact) mass is 346 g/mol. The molecule has 1 aromatic rings. The van der Waals surface area contributed by atoms with Gasteiger partial charge >= 0.3 is 5.97 Å². The quantitative estimate of drug-likeness (QED) is 0.353. The number of carbonyl (C=O) groups excluding carboxylic acids is 1. The normalized spacial score (nSPS) is 10.2. The number of nitro groups is 1. The number of halogens is 1. The second-order valence-corrected chi connectivity index (χ2v) is 4.73. The van der Waals surface area contributed by atoms with Crippen LogP contribution in [0.25, 0.3) is 0 Å². The highest BCUT2D eigenvalue weighted by Gasteiger charge is 2.23. The maximum Gasteiger partial charge on any atom is 0.344 e. The Labute approximate surface area is 124 Å². The second kappa shape index (κ2) is 7.81. The fourth-order valence-electron chi connectivity index (χ4n) is 1.56. The van der Waals surface area contributed by atoms with E-state index in [9.17, 15) is 14.9 Å². The van der Waals surface area contributed by atoms with Gasteiger partial charge in [-0.1, -0.05) is 0 Å². The molecule has 0 aromatic heterocycles. The summed E-state index contributed by atoms with van der Waals surface area (Å²) in [6.45, 7) is 1.21. The number of carbonyl (C=O) groups is 1. The highest BCUT2D eigenvalue weighted by molar-refractivity contribution is 9.10. The Balaban J connectivity index is 3.02. The molecule has 8 heteroatoms. The lowest BCUT2D eigenvalue weighted by atomic mass is 10.1. The first-order valence-electron chi connectivity index (χ1n) is 5.80. The predicted molar refractivity (Wildman–Crippen MR) is 77.1 cm³/mol. The van der Waals surface area contributed by atoms with Gasteiger partial charge in [0.05, 0.1) is 12.0 Å². The molecule has 0 aliphatic rings. The smallest absolute Gasteiger partial charge is 0.344 e. The van der Waals surface area contributed by atoms with Gasteiger partial charge in [-0.25, -0.2) is 4.79 Å². The van der Waals surface area contributed by atoms with Crippen molar-refractivity contribution in [3.8, 4) is 0 Å². The number of methoxy groups -OCH3 is 2. The number of esters is 1. The molecule has 1 aromatic carbocycles. The molecule has 0 amide bonds. The standard InChI is InChI=1S/C12H15BrN2O5/c1-19-5-3-4-14-10-6-8(12(16)20-2)11(15(17)18)7-9(10)13/h6-7,14H,3-5H2,1-2H3. The van der Waals surface area contributed by atoms with E-state index in [1.165, 1.54) is 19.2 Å². The summed E-state index contributed by atoms with van der Waals surface area (Å²) < 4.78 is 9.99. The first-order valence-corrected chi connectivity index (χ1v) is 6.59. The van der Waals surface area contributed by atoms with Crippen LogP contribution in [0.15, 0.2) is 16.6 Å². The van der Waals surface area contributed by atoms with E-state index in [1.807, 2.05) is 0 Å². The van der Waals surface area contributed by atoms with Gasteiger partial charge in [0.2, 0.25) is 0 Å². The summed E-state index contributed by atoms with van der Waals surface area (Å²) in [7, 11) is 2.79. The summed E-state index contributed by atoms with van der Waals surface area (Å²) in [6.07, 6.45) is 0.771. The molecule has 0 aliphatic carbocycles. The van der Waals surface area contributed by atoms with Crippen LogP contribution in [0.3, 0.4) is 0 Å². The first kappa shape index (κ1) is 16.4. The van der Waals surface area contributed by atoms with Crippen molar-refractivity contribution < 1.29 is 19.2 Å². The van der Waals surface area contributed by atoms with Gasteiger partial charge in [-0.15, -0.1) is 0 Å². The lowest BCUT2D eigenvalue weighted by molar-refractivity contribution is -0.385. The molecular weight excluding hydrogens is 332 g/mol. The van der Waals surface area contributed by atoms with Gasteiger partial charge in [0.25, 0.3) is 5.69 Å². The van der Waals surface area contributed by atoms with Crippen LogP contribution in [0, 0.1) is 10.1 Å². The van der Waals surface area contributed by atoms with Gasteiger partial charge < -0.3 is 14.8 Å². The average Bonchev–Trinajstić information content (AvgIpc) is 2.43. The van der Waals surface area contributed by atoms with Crippen LogP contribution in [0.1, 0.15) is 16.8 Å². The van der Waals surface area contributed by atoms with Gasteiger partial charge in [-0.3, -0.25) is 10.1 Å². The topological polar surface area (TPSA) is 90.7 Å². The maximum atomic E-state index is 11.6. The summed E-state index contributed by atoms with van der Waals surface area (Å²) in [4.78, 5) is 21.9. The number of ether oxygens (including phenoxy) is 2. The summed E-state index contributed by atoms with van der Waals surface area (Å²) in [5.74, 6) is -0.746. The molecule has 20 heavy (non-hydrogen) atoms. The van der Waals surface area contributed by atoms with Crippen molar-refractivity contribution in [3.05, 3.63) is 32.3 Å². The zero-order valence-electron chi connectivity index (χ0n) is 11.1. The molecule has 110 valence electrons. The minimum absolute atomic E-state index is 0.0880. The van der Waals surface area contributed by atoms with Gasteiger partial charge in [0, 0.05) is 36.5 Å². The van der Waals surface area contributed by atoms with E-state index in [1.54, 1.807) is 7.11 Å². The third kappa shape index (κ3) is 4.17. The number of hydrogen-bond donors (Lipinski definition) is 1. The van der Waals surface area contributed by atoms with Crippen molar-refractivity contribution in [1.29, 1.82) is 0 Å². The Morgan fingerprint density at radius 2 is 2.15 bits per heavy atom. The molecule has 0 unspecified atom stereocenters. The van der Waals surface area contributed by atoms with Crippen molar-refractivity contribution in [2.24, 2.45) is 0 Å². The summed E-state index contributed by atoms with van der Waals surface area (Å²) in [5.41, 5.74) is 0.202. The summed E-state index contributed by atoms with van der Waals surface area (Å²) in [6, 6.07) is 2.69. The Morgan fingerprint density at radius 1 is 1.45 bits per heavy atom. The van der Waals surface area contributed by atoms with Crippen molar-refractivity contribution in [2.45, 2.75) is 6.42 Å². The minimum Gasteiger partial charge on any atom is -0.465 e. The first-order chi connectivity index (χ1) is 9.51. The molecule has 0 fully saturated rings. The van der Waals surface area contributed by atoms with Gasteiger partial charge in [-0.2, -0.15) is 0 Å². The largest absolute Gasteiger partial charge is 0.465 e. The predicted octanol–water partition coefficient (Wildman–Crippen LogP) is 2.59. The molecule has 0 saturated carbocycles. The molecule has 1 N–H and O–H groups in total. The molecule has 0 radical (unpaired) electrons. The van der Waals surface area contributed by atoms with Crippen LogP contribution in [0.4, 0.5) is 11.4 Å². The van der Waals surface area contributed by atoms with E-state index in [-0.39, 0.29) is 11.3 Å². The van der Waals surface area contributed by atoms with Crippen LogP contribution in [-0.2, 0) is 9.47 Å². The Morgan fingerprint density at radius 3 is 2.70 bits per heavy atom. The summed E-state index contributed by atoms with van der Waals surface area (Å²) in [5, 5.41) is 14.0. The van der Waals surface area contributed by atoms with Crippen LogP contribution in [0.5, 0.6) is 0 Å². The Hall–Kier alpha value is -1.67. The SMILES string of the molecule is COCCCNc1cc(C(=O)OC)c([N+](=O)[O-])cc1Br. The molecule has 1 rings (SSSR count). The van der Waals surface area contributed by atoms with Gasteiger partial charge in [0.15, 0.2) is 0 Å². The highest BCUT2D eigenvalue weighted by atomic mass is 79.9. The van der Waals surface area contributed by atoms with Crippen molar-refractivity contribution in [2.75, 3.05) is 32.7 Å². The molecule has 0 bridgehead atoms. The van der Waals surface area contributed by atoms with E-state index in [4.69, 9.17) is 4.74 Å². The molecule has 0 atom stereocenters. The van der Waals surface area contributed by atoms with Crippen molar-refractivity contribution in [1.82, 2.24) is 0 Å². The lowest BCUT2D eigenvalue weighted by Gasteiger charge is -2.10.